The van der Waals surface area contributed by atoms with Gasteiger partial charge in [-0.1, -0.05) is 0 Å². The molecule has 266 valence electrons. The van der Waals surface area contributed by atoms with Crippen LogP contribution in [0.15, 0.2) is 0 Å². The van der Waals surface area contributed by atoms with Crippen LogP contribution in [0.3, 0.4) is 0 Å². The summed E-state index contributed by atoms with van der Waals surface area (Å²) < 4.78 is 44.0. The summed E-state index contributed by atoms with van der Waals surface area (Å²) in [6.45, 7) is 4.77. The molecule has 1 amide bonds. The molecular formula is C27H53N3O15. The fourth-order valence-corrected chi connectivity index (χ4v) is 4.56. The lowest BCUT2D eigenvalue weighted by atomic mass is 9.98. The molecule has 2 rings (SSSR count). The first kappa shape index (κ1) is 40.0. The van der Waals surface area contributed by atoms with Crippen LogP contribution in [0.1, 0.15) is 13.3 Å². The van der Waals surface area contributed by atoms with Crippen molar-refractivity contribution >= 4 is 5.91 Å². The summed E-state index contributed by atoms with van der Waals surface area (Å²) in [7, 11) is 0. The number of aliphatic hydroxyl groups excluding tert-OH is 6. The molecule has 0 aromatic carbocycles. The van der Waals surface area contributed by atoms with E-state index in [9.17, 15) is 35.4 Å². The Kier molecular flexibility index (Phi) is 20.6. The fourth-order valence-electron chi connectivity index (χ4n) is 4.56. The topological polar surface area (TPSA) is 262 Å². The third kappa shape index (κ3) is 15.1. The number of carbonyl (C=O) groups is 1. The Hall–Kier alpha value is -1.17. The first-order chi connectivity index (χ1) is 21.7. The SMILES string of the molecule is CC(=O)NC1CC(O)[C@@H](O)C(CO)O[C@H]1OCCOCCOCCNCCOCCOCCO[C@@H]1OC(CO)[C@H](O)C(O)C1N. The quantitative estimate of drug-likeness (QED) is 0.0464. The molecule has 18 heteroatoms. The zero-order valence-electron chi connectivity index (χ0n) is 25.8. The van der Waals surface area contributed by atoms with Gasteiger partial charge in [-0.2, -0.15) is 0 Å². The summed E-state index contributed by atoms with van der Waals surface area (Å²) in [6, 6.07) is -1.65. The second-order valence-corrected chi connectivity index (χ2v) is 10.6. The van der Waals surface area contributed by atoms with Gasteiger partial charge in [0.1, 0.15) is 30.5 Å². The van der Waals surface area contributed by atoms with E-state index in [1.54, 1.807) is 0 Å². The minimum absolute atomic E-state index is 0.00370. The van der Waals surface area contributed by atoms with Gasteiger partial charge < -0.3 is 84.9 Å². The van der Waals surface area contributed by atoms with Crippen molar-refractivity contribution < 1.29 is 73.3 Å². The van der Waals surface area contributed by atoms with Crippen molar-refractivity contribution in [1.29, 1.82) is 0 Å². The molecule has 2 fully saturated rings. The normalized spacial score (nSPS) is 32.4. The largest absolute Gasteiger partial charge is 0.394 e. The Labute approximate surface area is 262 Å². The minimum atomic E-state index is -1.31. The standard InChI is InChI=1S/C27H53N3O15/c1-17(33)30-18-14-19(34)23(35)20(15-31)44-26(18)42-12-10-40-8-6-38-4-2-29-3-5-39-7-9-41-11-13-43-27-22(28)25(37)24(36)21(16-32)45-27/h18-27,29,31-32,34-37H,2-16,28H2,1H3,(H,30,33)/t18?,19?,20?,21?,22?,23-,24+,25?,26-,27-/m1/s1. The molecule has 18 nitrogen and oxygen atoms in total. The molecule has 0 radical (unpaired) electrons. The Morgan fingerprint density at radius 1 is 0.711 bits per heavy atom. The van der Waals surface area contributed by atoms with E-state index in [-0.39, 0.29) is 38.8 Å². The van der Waals surface area contributed by atoms with E-state index in [4.69, 9.17) is 43.6 Å². The van der Waals surface area contributed by atoms with E-state index in [1.165, 1.54) is 6.92 Å². The molecule has 10 N–H and O–H groups in total. The molecule has 0 aromatic rings. The highest BCUT2D eigenvalue weighted by Gasteiger charge is 2.43. The van der Waals surface area contributed by atoms with Crippen molar-refractivity contribution in [2.45, 2.75) is 74.6 Å². The van der Waals surface area contributed by atoms with Gasteiger partial charge in [-0.3, -0.25) is 4.79 Å². The molecule has 45 heavy (non-hydrogen) atoms. The predicted octanol–water partition coefficient (Wildman–Crippen LogP) is -5.22. The molecule has 2 aliphatic rings. The van der Waals surface area contributed by atoms with Crippen LogP contribution in [0.4, 0.5) is 0 Å². The van der Waals surface area contributed by atoms with E-state index in [1.807, 2.05) is 0 Å². The molecule has 0 saturated carbocycles. The summed E-state index contributed by atoms with van der Waals surface area (Å²) in [5, 5.41) is 64.4. The third-order valence-corrected chi connectivity index (χ3v) is 7.01. The number of nitrogens with two attached hydrogens (primary N) is 1. The van der Waals surface area contributed by atoms with E-state index in [2.05, 4.69) is 10.6 Å². The van der Waals surface area contributed by atoms with Crippen LogP contribution in [-0.4, -0.2) is 190 Å². The number of hydrogen-bond acceptors (Lipinski definition) is 17. The molecule has 2 aliphatic heterocycles. The average molecular weight is 660 g/mol. The molecule has 0 aromatic heterocycles. The number of carbonyl (C=O) groups excluding carboxylic acids is 1. The van der Waals surface area contributed by atoms with Crippen LogP contribution in [0.5, 0.6) is 0 Å². The lowest BCUT2D eigenvalue weighted by Gasteiger charge is -2.40. The van der Waals surface area contributed by atoms with Gasteiger partial charge in [0.15, 0.2) is 12.6 Å². The molecule has 0 spiro atoms. The van der Waals surface area contributed by atoms with Gasteiger partial charge in [-0.05, 0) is 0 Å². The average Bonchev–Trinajstić information content (AvgIpc) is 3.12. The molecule has 2 saturated heterocycles. The second kappa shape index (κ2) is 23.2. The summed E-state index contributed by atoms with van der Waals surface area (Å²) in [5.74, 6) is -0.344. The van der Waals surface area contributed by atoms with Crippen LogP contribution in [0.25, 0.3) is 0 Å². The summed E-state index contributed by atoms with van der Waals surface area (Å²) in [4.78, 5) is 11.5. The molecule has 10 atom stereocenters. The lowest BCUT2D eigenvalue weighted by molar-refractivity contribution is -0.267. The van der Waals surface area contributed by atoms with Crippen molar-refractivity contribution in [3.8, 4) is 0 Å². The third-order valence-electron chi connectivity index (χ3n) is 7.01. The number of amides is 1. The van der Waals surface area contributed by atoms with Gasteiger partial charge in [-0.15, -0.1) is 0 Å². The van der Waals surface area contributed by atoms with E-state index < -0.39 is 74.5 Å². The van der Waals surface area contributed by atoms with Crippen molar-refractivity contribution in [1.82, 2.24) is 10.6 Å². The number of ether oxygens (including phenoxy) is 8. The number of aliphatic hydroxyl groups is 6. The Morgan fingerprint density at radius 2 is 1.18 bits per heavy atom. The Morgan fingerprint density at radius 3 is 1.71 bits per heavy atom. The maximum atomic E-state index is 11.5. The second-order valence-electron chi connectivity index (χ2n) is 10.6. The molecule has 0 aliphatic carbocycles. The Bertz CT molecular complexity index is 773. The number of hydrogen-bond donors (Lipinski definition) is 9. The monoisotopic (exact) mass is 659 g/mol. The maximum absolute atomic E-state index is 11.5. The molecular weight excluding hydrogens is 606 g/mol. The predicted molar refractivity (Wildman–Crippen MR) is 154 cm³/mol. The van der Waals surface area contributed by atoms with Crippen LogP contribution >= 0.6 is 0 Å². The minimum Gasteiger partial charge on any atom is -0.394 e. The van der Waals surface area contributed by atoms with E-state index in [0.717, 1.165) is 0 Å². The van der Waals surface area contributed by atoms with Crippen molar-refractivity contribution in [3.63, 3.8) is 0 Å². The highest BCUT2D eigenvalue weighted by Crippen LogP contribution is 2.22. The first-order valence-corrected chi connectivity index (χ1v) is 15.2. The van der Waals surface area contributed by atoms with Crippen LogP contribution in [0, 0.1) is 0 Å². The lowest BCUT2D eigenvalue weighted by Crippen LogP contribution is -2.62. The summed E-state index contributed by atoms with van der Waals surface area (Å²) >= 11 is 0. The van der Waals surface area contributed by atoms with Crippen LogP contribution in [0.2, 0.25) is 0 Å². The van der Waals surface area contributed by atoms with Crippen molar-refractivity contribution in [2.75, 3.05) is 92.4 Å². The molecule has 6 unspecified atom stereocenters. The molecule has 2 heterocycles. The number of rotatable bonds is 23. The summed E-state index contributed by atoms with van der Waals surface area (Å²) in [6.07, 6.45) is -9.00. The van der Waals surface area contributed by atoms with E-state index in [0.29, 0.717) is 52.7 Å². The highest BCUT2D eigenvalue weighted by molar-refractivity contribution is 5.73. The van der Waals surface area contributed by atoms with Crippen molar-refractivity contribution in [3.05, 3.63) is 0 Å². The molecule has 0 bridgehead atoms. The van der Waals surface area contributed by atoms with Crippen LogP contribution < -0.4 is 16.4 Å². The van der Waals surface area contributed by atoms with Gasteiger partial charge in [0.25, 0.3) is 0 Å². The van der Waals surface area contributed by atoms with E-state index >= 15 is 0 Å². The smallest absolute Gasteiger partial charge is 0.217 e. The van der Waals surface area contributed by atoms with Gasteiger partial charge >= 0.3 is 0 Å². The zero-order valence-corrected chi connectivity index (χ0v) is 25.8. The Balaban J connectivity index is 1.38. The maximum Gasteiger partial charge on any atom is 0.217 e. The highest BCUT2D eigenvalue weighted by atomic mass is 16.7. The summed E-state index contributed by atoms with van der Waals surface area (Å²) in [5.41, 5.74) is 5.80. The fraction of sp³-hybridized carbons (Fsp3) is 0.963. The zero-order chi connectivity index (χ0) is 33.0. The van der Waals surface area contributed by atoms with Gasteiger partial charge in [-0.25, -0.2) is 0 Å². The van der Waals surface area contributed by atoms with Gasteiger partial charge in [0.2, 0.25) is 5.91 Å². The number of nitrogens with one attached hydrogen (secondary N) is 2. The van der Waals surface area contributed by atoms with Gasteiger partial charge in [0.05, 0.1) is 97.5 Å². The van der Waals surface area contributed by atoms with Crippen molar-refractivity contribution in [2.24, 2.45) is 5.73 Å². The van der Waals surface area contributed by atoms with Crippen LogP contribution in [-0.2, 0) is 42.7 Å². The van der Waals surface area contributed by atoms with Gasteiger partial charge in [0, 0.05) is 26.4 Å². The first-order valence-electron chi connectivity index (χ1n) is 15.2.